The molecule has 20 heavy (non-hydrogen) atoms. The fourth-order valence-electron chi connectivity index (χ4n) is 2.02. The summed E-state index contributed by atoms with van der Waals surface area (Å²) in [6.07, 6.45) is 0. The van der Waals surface area contributed by atoms with Gasteiger partial charge < -0.3 is 10.1 Å². The number of halogens is 1. The first-order valence-corrected chi connectivity index (χ1v) is 6.15. The molecule has 6 heteroatoms. The quantitative estimate of drug-likeness (QED) is 0.921. The van der Waals surface area contributed by atoms with E-state index < -0.39 is 0 Å². The molecule has 0 saturated heterocycles. The fraction of sp³-hybridized carbons (Fsp3) is 0.214. The highest BCUT2D eigenvalue weighted by atomic mass is 19.1. The van der Waals surface area contributed by atoms with Gasteiger partial charge in [-0.15, -0.1) is 0 Å². The van der Waals surface area contributed by atoms with Crippen LogP contribution in [0.1, 0.15) is 5.56 Å². The predicted molar refractivity (Wildman–Crippen MR) is 72.4 cm³/mol. The Bertz CT molecular complexity index is 788. The molecule has 1 aliphatic heterocycles. The number of nitrogens with zero attached hydrogens (tertiary/aromatic N) is 3. The third kappa shape index (κ3) is 2.09. The number of fused-ring (bicyclic) bond motifs is 1. The van der Waals surface area contributed by atoms with Gasteiger partial charge in [-0.2, -0.15) is 4.98 Å². The molecule has 1 aromatic heterocycles. The van der Waals surface area contributed by atoms with Crippen LogP contribution in [0.3, 0.4) is 0 Å². The van der Waals surface area contributed by atoms with Crippen LogP contribution in [0.25, 0.3) is 0 Å². The van der Waals surface area contributed by atoms with E-state index in [-0.39, 0.29) is 5.82 Å². The third-order valence-corrected chi connectivity index (χ3v) is 3.06. The Hall–Kier alpha value is -2.50. The van der Waals surface area contributed by atoms with Crippen molar-refractivity contribution in [3.05, 3.63) is 46.5 Å². The Morgan fingerprint density at radius 3 is 2.90 bits per heavy atom. The summed E-state index contributed by atoms with van der Waals surface area (Å²) in [7, 11) is 1.51. The Morgan fingerprint density at radius 2 is 2.10 bits per heavy atom. The first kappa shape index (κ1) is 12.5. The van der Waals surface area contributed by atoms with E-state index in [1.54, 1.807) is 31.2 Å². The largest absolute Gasteiger partial charge is 0.479 e. The van der Waals surface area contributed by atoms with Crippen molar-refractivity contribution in [2.24, 2.45) is 9.98 Å². The van der Waals surface area contributed by atoms with Gasteiger partial charge in [0, 0.05) is 0 Å². The Balaban J connectivity index is 2.07. The van der Waals surface area contributed by atoms with Gasteiger partial charge in [0.15, 0.2) is 5.49 Å². The highest BCUT2D eigenvalue weighted by Crippen LogP contribution is 2.25. The SMILES string of the molecule is COc1nc2c(cc1Nc1cccc(C)c1F)=NCN=2. The van der Waals surface area contributed by atoms with Crippen molar-refractivity contribution in [1.29, 1.82) is 0 Å². The van der Waals surface area contributed by atoms with Gasteiger partial charge in [-0.3, -0.25) is 4.99 Å². The van der Waals surface area contributed by atoms with Gasteiger partial charge in [0.1, 0.15) is 23.5 Å². The van der Waals surface area contributed by atoms with E-state index in [4.69, 9.17) is 4.74 Å². The van der Waals surface area contributed by atoms with Crippen LogP contribution in [-0.2, 0) is 0 Å². The molecule has 0 unspecified atom stereocenters. The zero-order chi connectivity index (χ0) is 14.1. The van der Waals surface area contributed by atoms with E-state index in [1.165, 1.54) is 7.11 Å². The molecular weight excluding hydrogens is 259 g/mol. The molecule has 1 aliphatic rings. The summed E-state index contributed by atoms with van der Waals surface area (Å²) in [4.78, 5) is 12.6. The van der Waals surface area contributed by atoms with Crippen molar-refractivity contribution < 1.29 is 9.13 Å². The molecule has 1 aromatic carbocycles. The summed E-state index contributed by atoms with van der Waals surface area (Å²) in [5.41, 5.74) is 2.07. The number of rotatable bonds is 3. The van der Waals surface area contributed by atoms with Crippen LogP contribution in [-0.4, -0.2) is 18.8 Å². The molecule has 0 spiro atoms. The third-order valence-electron chi connectivity index (χ3n) is 3.06. The number of benzene rings is 1. The highest BCUT2D eigenvalue weighted by molar-refractivity contribution is 5.65. The number of aryl methyl sites for hydroxylation is 1. The van der Waals surface area contributed by atoms with Crippen LogP contribution in [0, 0.1) is 12.7 Å². The first-order valence-electron chi connectivity index (χ1n) is 6.15. The van der Waals surface area contributed by atoms with E-state index in [0.29, 0.717) is 40.3 Å². The molecule has 0 radical (unpaired) electrons. The lowest BCUT2D eigenvalue weighted by atomic mass is 10.2. The van der Waals surface area contributed by atoms with Crippen molar-refractivity contribution in [3.8, 4) is 5.88 Å². The number of anilines is 2. The highest BCUT2D eigenvalue weighted by Gasteiger charge is 2.12. The van der Waals surface area contributed by atoms with Gasteiger partial charge in [-0.05, 0) is 24.6 Å². The molecule has 0 aliphatic carbocycles. The number of aromatic nitrogens is 1. The number of methoxy groups -OCH3 is 1. The predicted octanol–water partition coefficient (Wildman–Crippen LogP) is 1.49. The Labute approximate surface area is 114 Å². The maximum absolute atomic E-state index is 14.0. The topological polar surface area (TPSA) is 58.9 Å². The summed E-state index contributed by atoms with van der Waals surface area (Å²) in [6.45, 7) is 2.08. The molecule has 0 amide bonds. The monoisotopic (exact) mass is 272 g/mol. The lowest BCUT2D eigenvalue weighted by Gasteiger charge is -2.11. The Kier molecular flexibility index (Phi) is 3.06. The summed E-state index contributed by atoms with van der Waals surface area (Å²) in [6, 6.07) is 6.93. The van der Waals surface area contributed by atoms with Crippen molar-refractivity contribution in [2.75, 3.05) is 19.1 Å². The summed E-state index contributed by atoms with van der Waals surface area (Å²) in [5, 5.41) is 3.68. The van der Waals surface area contributed by atoms with Gasteiger partial charge in [0.05, 0.1) is 12.8 Å². The van der Waals surface area contributed by atoms with E-state index in [9.17, 15) is 4.39 Å². The number of pyridine rings is 1. The molecule has 0 fully saturated rings. The lowest BCUT2D eigenvalue weighted by Crippen LogP contribution is -2.26. The minimum absolute atomic E-state index is 0.295. The molecule has 2 aromatic rings. The molecule has 3 rings (SSSR count). The van der Waals surface area contributed by atoms with Gasteiger partial charge in [0.2, 0.25) is 5.88 Å². The number of hydrogen-bond donors (Lipinski definition) is 1. The first-order chi connectivity index (χ1) is 9.69. The van der Waals surface area contributed by atoms with Crippen LogP contribution >= 0.6 is 0 Å². The minimum atomic E-state index is -0.295. The van der Waals surface area contributed by atoms with Gasteiger partial charge in [-0.1, -0.05) is 12.1 Å². The molecule has 5 nitrogen and oxygen atoms in total. The maximum Gasteiger partial charge on any atom is 0.239 e. The molecule has 0 atom stereocenters. The van der Waals surface area contributed by atoms with Gasteiger partial charge in [-0.25, -0.2) is 9.38 Å². The van der Waals surface area contributed by atoms with E-state index in [1.807, 2.05) is 0 Å². The van der Waals surface area contributed by atoms with Crippen molar-refractivity contribution in [2.45, 2.75) is 6.92 Å². The van der Waals surface area contributed by atoms with Gasteiger partial charge >= 0.3 is 0 Å². The number of hydrogen-bond acceptors (Lipinski definition) is 5. The normalized spacial score (nSPS) is 12.3. The Morgan fingerprint density at radius 1 is 1.25 bits per heavy atom. The standard InChI is InChI=1S/C14H13FN4O/c1-8-4-3-5-9(12(8)15)18-11-6-10-13(17-7-16-10)19-14(11)20-2/h3-6,18H,7H2,1-2H3. The second-order valence-electron chi connectivity index (χ2n) is 4.41. The number of nitrogens with one attached hydrogen (secondary N) is 1. The smallest absolute Gasteiger partial charge is 0.239 e. The fourth-order valence-corrected chi connectivity index (χ4v) is 2.02. The molecular formula is C14H13FN4O. The van der Waals surface area contributed by atoms with Crippen molar-refractivity contribution in [1.82, 2.24) is 4.98 Å². The van der Waals surface area contributed by atoms with Crippen LogP contribution in [0.4, 0.5) is 15.8 Å². The summed E-state index contributed by atoms with van der Waals surface area (Å²) < 4.78 is 19.2. The van der Waals surface area contributed by atoms with Crippen molar-refractivity contribution >= 4 is 11.4 Å². The van der Waals surface area contributed by atoms with Crippen LogP contribution in [0.5, 0.6) is 5.88 Å². The maximum atomic E-state index is 14.0. The molecule has 2 heterocycles. The minimum Gasteiger partial charge on any atom is -0.479 e. The molecule has 0 bridgehead atoms. The van der Waals surface area contributed by atoms with Gasteiger partial charge in [0.25, 0.3) is 0 Å². The number of ether oxygens (including phenoxy) is 1. The molecule has 0 saturated carbocycles. The van der Waals surface area contributed by atoms with Crippen LogP contribution in [0.2, 0.25) is 0 Å². The lowest BCUT2D eigenvalue weighted by molar-refractivity contribution is 0.398. The molecule has 102 valence electrons. The second kappa shape index (κ2) is 4.88. The van der Waals surface area contributed by atoms with E-state index in [2.05, 4.69) is 20.3 Å². The van der Waals surface area contributed by atoms with Crippen LogP contribution in [0.15, 0.2) is 34.3 Å². The summed E-state index contributed by atoms with van der Waals surface area (Å²) in [5.74, 6) is 0.0715. The second-order valence-corrected chi connectivity index (χ2v) is 4.41. The van der Waals surface area contributed by atoms with E-state index >= 15 is 0 Å². The zero-order valence-electron chi connectivity index (χ0n) is 11.1. The van der Waals surface area contributed by atoms with Crippen LogP contribution < -0.4 is 20.9 Å². The average Bonchev–Trinajstić information content (AvgIpc) is 2.90. The average molecular weight is 272 g/mol. The molecule has 1 N–H and O–H groups in total. The van der Waals surface area contributed by atoms with Crippen molar-refractivity contribution in [3.63, 3.8) is 0 Å². The van der Waals surface area contributed by atoms with E-state index in [0.717, 1.165) is 0 Å². The summed E-state index contributed by atoms with van der Waals surface area (Å²) >= 11 is 0. The zero-order valence-corrected chi connectivity index (χ0v) is 11.1.